The molecule has 172 valence electrons. The number of rotatable bonds is 9. The summed E-state index contributed by atoms with van der Waals surface area (Å²) < 4.78 is 10.6. The molecule has 3 rings (SSSR count). The number of carbonyl (C=O) groups excluding carboxylic acids is 3. The number of aromatic nitrogens is 2. The maximum absolute atomic E-state index is 12.0. The highest BCUT2D eigenvalue weighted by atomic mass is 35.5. The van der Waals surface area contributed by atoms with Crippen molar-refractivity contribution in [1.82, 2.24) is 10.2 Å². The second kappa shape index (κ2) is 11.6. The lowest BCUT2D eigenvalue weighted by Gasteiger charge is -2.10. The van der Waals surface area contributed by atoms with Crippen LogP contribution >= 0.6 is 34.5 Å². The average molecular weight is 509 g/mol. The fourth-order valence-electron chi connectivity index (χ4n) is 2.45. The SMILES string of the molecule is Cc1nnc(NC(=O)CCC(=O)OCC(=O)Nc2ccc(Oc3ccc(Cl)cc3Cl)cc2)s1. The second-order valence-corrected chi connectivity index (χ2v) is 8.61. The van der Waals surface area contributed by atoms with Gasteiger partial charge < -0.3 is 20.1 Å². The number of hydrogen-bond acceptors (Lipinski definition) is 8. The largest absolute Gasteiger partial charge is 0.456 e. The Hall–Kier alpha value is -3.21. The molecule has 2 aromatic carbocycles. The van der Waals surface area contributed by atoms with Crippen LogP contribution in [0.25, 0.3) is 0 Å². The fourth-order valence-corrected chi connectivity index (χ4v) is 3.51. The van der Waals surface area contributed by atoms with Crippen molar-refractivity contribution in [2.75, 3.05) is 17.2 Å². The molecule has 0 aliphatic rings. The highest BCUT2D eigenvalue weighted by Gasteiger charge is 2.12. The first-order valence-corrected chi connectivity index (χ1v) is 11.1. The summed E-state index contributed by atoms with van der Waals surface area (Å²) in [6.07, 6.45) is -0.269. The van der Waals surface area contributed by atoms with Gasteiger partial charge in [-0.25, -0.2) is 0 Å². The van der Waals surface area contributed by atoms with Gasteiger partial charge in [0.05, 0.1) is 11.4 Å². The number of amides is 2. The highest BCUT2D eigenvalue weighted by molar-refractivity contribution is 7.15. The van der Waals surface area contributed by atoms with Crippen LogP contribution < -0.4 is 15.4 Å². The van der Waals surface area contributed by atoms with Gasteiger partial charge in [0.25, 0.3) is 5.91 Å². The lowest BCUT2D eigenvalue weighted by atomic mass is 10.3. The van der Waals surface area contributed by atoms with E-state index in [0.717, 1.165) is 0 Å². The number of ether oxygens (including phenoxy) is 2. The van der Waals surface area contributed by atoms with E-state index in [2.05, 4.69) is 20.8 Å². The van der Waals surface area contributed by atoms with E-state index in [9.17, 15) is 14.4 Å². The van der Waals surface area contributed by atoms with Crippen molar-refractivity contribution >= 4 is 63.1 Å². The number of anilines is 2. The van der Waals surface area contributed by atoms with Crippen LogP contribution in [-0.2, 0) is 19.1 Å². The summed E-state index contributed by atoms with van der Waals surface area (Å²) in [5.41, 5.74) is 0.484. The maximum atomic E-state index is 12.0. The van der Waals surface area contributed by atoms with Crippen molar-refractivity contribution in [2.24, 2.45) is 0 Å². The third-order valence-corrected chi connectivity index (χ3v) is 5.24. The average Bonchev–Trinajstić information content (AvgIpc) is 3.18. The van der Waals surface area contributed by atoms with Gasteiger partial charge in [0.15, 0.2) is 6.61 Å². The lowest BCUT2D eigenvalue weighted by Crippen LogP contribution is -2.21. The molecule has 0 fully saturated rings. The van der Waals surface area contributed by atoms with Gasteiger partial charge in [-0.05, 0) is 49.4 Å². The van der Waals surface area contributed by atoms with Crippen LogP contribution in [-0.4, -0.2) is 34.6 Å². The molecule has 2 N–H and O–H groups in total. The topological polar surface area (TPSA) is 120 Å². The first-order valence-electron chi connectivity index (χ1n) is 9.57. The molecule has 0 spiro atoms. The molecule has 0 unspecified atom stereocenters. The van der Waals surface area contributed by atoms with Crippen molar-refractivity contribution in [3.63, 3.8) is 0 Å². The molecule has 0 atom stereocenters. The zero-order chi connectivity index (χ0) is 23.8. The fraction of sp³-hybridized carbons (Fsp3) is 0.190. The zero-order valence-electron chi connectivity index (χ0n) is 17.3. The molecular formula is C21H18Cl2N4O5S. The van der Waals surface area contributed by atoms with E-state index in [1.54, 1.807) is 49.4 Å². The van der Waals surface area contributed by atoms with E-state index in [1.165, 1.54) is 11.3 Å². The molecule has 0 aliphatic heterocycles. The minimum absolute atomic E-state index is 0.0990. The maximum Gasteiger partial charge on any atom is 0.306 e. The smallest absolute Gasteiger partial charge is 0.306 e. The normalized spacial score (nSPS) is 10.4. The number of nitrogens with one attached hydrogen (secondary N) is 2. The van der Waals surface area contributed by atoms with Crippen LogP contribution in [0, 0.1) is 6.92 Å². The molecule has 12 heteroatoms. The molecular weight excluding hydrogens is 491 g/mol. The summed E-state index contributed by atoms with van der Waals surface area (Å²) in [6, 6.07) is 11.4. The number of hydrogen-bond donors (Lipinski definition) is 2. The van der Waals surface area contributed by atoms with Gasteiger partial charge in [0, 0.05) is 17.1 Å². The number of esters is 1. The minimum atomic E-state index is -0.669. The Morgan fingerprint density at radius 2 is 1.73 bits per heavy atom. The predicted molar refractivity (Wildman–Crippen MR) is 125 cm³/mol. The summed E-state index contributed by atoms with van der Waals surface area (Å²) in [7, 11) is 0. The molecule has 1 heterocycles. The van der Waals surface area contributed by atoms with Gasteiger partial charge in [0.1, 0.15) is 16.5 Å². The molecule has 0 aliphatic carbocycles. The molecule has 0 saturated carbocycles. The summed E-state index contributed by atoms with van der Waals surface area (Å²) in [5.74, 6) is -0.638. The standard InChI is InChI=1S/C21H18Cl2N4O5S/c1-12-26-27-21(33-12)25-18(28)8-9-20(30)31-11-19(29)24-14-3-5-15(6-4-14)32-17-7-2-13(22)10-16(17)23/h2-7,10H,8-9,11H2,1H3,(H,24,29)(H,25,27,28). The number of benzene rings is 2. The van der Waals surface area contributed by atoms with E-state index in [1.807, 2.05) is 0 Å². The summed E-state index contributed by atoms with van der Waals surface area (Å²) in [4.78, 5) is 35.6. The van der Waals surface area contributed by atoms with Crippen LogP contribution in [0.1, 0.15) is 17.8 Å². The Morgan fingerprint density at radius 3 is 2.39 bits per heavy atom. The second-order valence-electron chi connectivity index (χ2n) is 6.58. The number of carbonyl (C=O) groups is 3. The summed E-state index contributed by atoms with van der Waals surface area (Å²) in [6.45, 7) is 1.28. The molecule has 2 amide bonds. The van der Waals surface area contributed by atoms with Crippen molar-refractivity contribution in [1.29, 1.82) is 0 Å². The Labute approximate surface area is 203 Å². The quantitative estimate of drug-likeness (QED) is 0.396. The van der Waals surface area contributed by atoms with E-state index < -0.39 is 24.4 Å². The van der Waals surface area contributed by atoms with Crippen molar-refractivity contribution in [3.05, 3.63) is 57.5 Å². The summed E-state index contributed by atoms with van der Waals surface area (Å²) >= 11 is 13.2. The molecule has 0 saturated heterocycles. The third kappa shape index (κ3) is 8.01. The zero-order valence-corrected chi connectivity index (χ0v) is 19.6. The van der Waals surface area contributed by atoms with E-state index in [4.69, 9.17) is 32.7 Å². The monoisotopic (exact) mass is 508 g/mol. The molecule has 3 aromatic rings. The van der Waals surface area contributed by atoms with E-state index >= 15 is 0 Å². The van der Waals surface area contributed by atoms with E-state index in [-0.39, 0.29) is 12.8 Å². The molecule has 0 radical (unpaired) electrons. The Kier molecular flexibility index (Phi) is 8.58. The third-order valence-electron chi connectivity index (χ3n) is 3.95. The van der Waals surface area contributed by atoms with Gasteiger partial charge in [0.2, 0.25) is 11.0 Å². The van der Waals surface area contributed by atoms with Gasteiger partial charge in [-0.3, -0.25) is 14.4 Å². The van der Waals surface area contributed by atoms with Gasteiger partial charge >= 0.3 is 5.97 Å². The first-order chi connectivity index (χ1) is 15.8. The van der Waals surface area contributed by atoms with Crippen LogP contribution in [0.2, 0.25) is 10.0 Å². The Balaban J connectivity index is 1.38. The van der Waals surface area contributed by atoms with Crippen LogP contribution in [0.3, 0.4) is 0 Å². The van der Waals surface area contributed by atoms with Gasteiger partial charge in [-0.2, -0.15) is 0 Å². The van der Waals surface area contributed by atoms with E-state index in [0.29, 0.717) is 37.4 Å². The number of aryl methyl sites for hydroxylation is 1. The van der Waals surface area contributed by atoms with Gasteiger partial charge in [-0.15, -0.1) is 10.2 Å². The molecule has 9 nitrogen and oxygen atoms in total. The van der Waals surface area contributed by atoms with Crippen molar-refractivity contribution < 1.29 is 23.9 Å². The highest BCUT2D eigenvalue weighted by Crippen LogP contribution is 2.31. The number of nitrogens with zero attached hydrogens (tertiary/aromatic N) is 2. The number of halogens is 2. The molecule has 33 heavy (non-hydrogen) atoms. The minimum Gasteiger partial charge on any atom is -0.456 e. The van der Waals surface area contributed by atoms with Crippen LogP contribution in [0.4, 0.5) is 10.8 Å². The van der Waals surface area contributed by atoms with Crippen molar-refractivity contribution in [3.8, 4) is 11.5 Å². The predicted octanol–water partition coefficient (Wildman–Crippen LogP) is 4.85. The lowest BCUT2D eigenvalue weighted by molar-refractivity contribution is -0.147. The molecule has 0 bridgehead atoms. The first kappa shape index (κ1) is 24.4. The summed E-state index contributed by atoms with van der Waals surface area (Å²) in [5, 5.41) is 14.6. The Bertz CT molecular complexity index is 1150. The molecule has 1 aromatic heterocycles. The van der Waals surface area contributed by atoms with Crippen LogP contribution in [0.5, 0.6) is 11.5 Å². The van der Waals surface area contributed by atoms with Crippen LogP contribution in [0.15, 0.2) is 42.5 Å². The Morgan fingerprint density at radius 1 is 0.970 bits per heavy atom. The van der Waals surface area contributed by atoms with Gasteiger partial charge in [-0.1, -0.05) is 34.5 Å². The van der Waals surface area contributed by atoms with Crippen molar-refractivity contribution in [2.45, 2.75) is 19.8 Å².